The lowest BCUT2D eigenvalue weighted by Crippen LogP contribution is -2.19. The maximum absolute atomic E-state index is 11.6. The van der Waals surface area contributed by atoms with Crippen molar-refractivity contribution in [2.24, 2.45) is 5.92 Å². The molecule has 1 unspecified atom stereocenters. The summed E-state index contributed by atoms with van der Waals surface area (Å²) in [6.07, 6.45) is 8.85. The Hall–Kier alpha value is -3.06. The fourth-order valence-electron chi connectivity index (χ4n) is 5.76. The Labute approximate surface area is 235 Å². The molecule has 0 saturated carbocycles. The number of hydrogen-bond acceptors (Lipinski definition) is 6. The van der Waals surface area contributed by atoms with Crippen LogP contribution < -0.4 is 14.2 Å². The Bertz CT molecular complexity index is 1260. The number of aromatic nitrogens is 1. The first-order chi connectivity index (χ1) is 19.1. The number of carboxylic acid groups (broad SMARTS) is 1. The second kappa shape index (κ2) is 12.9. The van der Waals surface area contributed by atoms with Crippen molar-refractivity contribution in [3.63, 3.8) is 0 Å². The van der Waals surface area contributed by atoms with E-state index in [1.807, 2.05) is 30.4 Å². The number of carboxylic acids is 1. The van der Waals surface area contributed by atoms with Gasteiger partial charge < -0.3 is 19.3 Å². The average molecular weight is 550 g/mol. The summed E-state index contributed by atoms with van der Waals surface area (Å²) in [5.74, 6) is 1.43. The highest BCUT2D eigenvalue weighted by Gasteiger charge is 2.33. The van der Waals surface area contributed by atoms with Crippen molar-refractivity contribution in [1.82, 2.24) is 4.98 Å². The molecule has 0 amide bonds. The predicted molar refractivity (Wildman–Crippen MR) is 155 cm³/mol. The first-order valence-electron chi connectivity index (χ1n) is 14.4. The van der Waals surface area contributed by atoms with Gasteiger partial charge in [-0.05, 0) is 98.7 Å². The smallest absolute Gasteiger partial charge is 0.307 e. The summed E-state index contributed by atoms with van der Waals surface area (Å²) in [5.41, 5.74) is 4.74. The van der Waals surface area contributed by atoms with Gasteiger partial charge in [-0.1, -0.05) is 19.9 Å². The number of carbonyl (C=O) groups is 1. The molecule has 208 valence electrons. The minimum atomic E-state index is -0.699. The second-order valence-electron chi connectivity index (χ2n) is 10.5. The Balaban J connectivity index is 1.15. The standard InChI is InChI=1S/C32H39NO5S/c1-3-16-37-29-20-22(31-33-27-8-5-6-9-30(27)39-31)11-15-28(29)38-18-7-17-36-23-12-14-25-21(19-23)10-13-26(25)24(4-2)32(34)35/h11-12,14-15,19-20,24,26H,3-10,13,16-18H2,1-2H3,(H,34,35)/t24?,26-/m0/s1. The van der Waals surface area contributed by atoms with E-state index in [0.717, 1.165) is 66.3 Å². The predicted octanol–water partition coefficient (Wildman–Crippen LogP) is 7.47. The molecule has 39 heavy (non-hydrogen) atoms. The molecule has 0 spiro atoms. The number of benzene rings is 2. The molecule has 2 aliphatic rings. The van der Waals surface area contributed by atoms with Crippen LogP contribution in [-0.4, -0.2) is 35.9 Å². The van der Waals surface area contributed by atoms with Crippen LogP contribution >= 0.6 is 11.3 Å². The molecule has 0 aliphatic heterocycles. The number of rotatable bonds is 13. The zero-order valence-electron chi connectivity index (χ0n) is 23.0. The van der Waals surface area contributed by atoms with Crippen molar-refractivity contribution in [3.8, 4) is 27.8 Å². The molecule has 2 aliphatic carbocycles. The van der Waals surface area contributed by atoms with E-state index in [2.05, 4.69) is 31.2 Å². The van der Waals surface area contributed by atoms with E-state index in [-0.39, 0.29) is 11.8 Å². The summed E-state index contributed by atoms with van der Waals surface area (Å²) in [4.78, 5) is 18.0. The quantitative estimate of drug-likeness (QED) is 0.223. The summed E-state index contributed by atoms with van der Waals surface area (Å²) in [6, 6.07) is 12.3. The van der Waals surface area contributed by atoms with E-state index >= 15 is 0 Å². The minimum Gasteiger partial charge on any atom is -0.493 e. The van der Waals surface area contributed by atoms with Crippen LogP contribution in [0.4, 0.5) is 0 Å². The Morgan fingerprint density at radius 2 is 1.82 bits per heavy atom. The summed E-state index contributed by atoms with van der Waals surface area (Å²) < 4.78 is 18.2. The van der Waals surface area contributed by atoms with Crippen molar-refractivity contribution in [2.75, 3.05) is 19.8 Å². The molecule has 0 radical (unpaired) electrons. The largest absolute Gasteiger partial charge is 0.493 e. The summed E-state index contributed by atoms with van der Waals surface area (Å²) in [6.45, 7) is 5.77. The third-order valence-electron chi connectivity index (χ3n) is 7.79. The van der Waals surface area contributed by atoms with E-state index in [4.69, 9.17) is 19.2 Å². The lowest BCUT2D eigenvalue weighted by atomic mass is 9.85. The SMILES string of the molecule is CCCOc1cc(-c2nc3c(s2)CCCC3)ccc1OCCCOc1ccc2c(c1)CC[C@H]2C(CC)C(=O)O. The van der Waals surface area contributed by atoms with Gasteiger partial charge in [0.15, 0.2) is 11.5 Å². The lowest BCUT2D eigenvalue weighted by Gasteiger charge is -2.19. The van der Waals surface area contributed by atoms with Crippen LogP contribution in [0.1, 0.15) is 80.0 Å². The Morgan fingerprint density at radius 1 is 1.00 bits per heavy atom. The molecule has 1 heterocycles. The molecule has 0 fully saturated rings. The third-order valence-corrected chi connectivity index (χ3v) is 9.00. The zero-order valence-corrected chi connectivity index (χ0v) is 23.9. The number of aliphatic carboxylic acids is 1. The fraction of sp³-hybridized carbons (Fsp3) is 0.500. The summed E-state index contributed by atoms with van der Waals surface area (Å²) in [5, 5.41) is 10.6. The van der Waals surface area contributed by atoms with Crippen LogP contribution in [-0.2, 0) is 24.1 Å². The molecule has 1 aromatic heterocycles. The highest BCUT2D eigenvalue weighted by Crippen LogP contribution is 2.41. The van der Waals surface area contributed by atoms with Crippen LogP contribution in [0.15, 0.2) is 36.4 Å². The lowest BCUT2D eigenvalue weighted by molar-refractivity contribution is -0.142. The highest BCUT2D eigenvalue weighted by molar-refractivity contribution is 7.15. The topological polar surface area (TPSA) is 77.9 Å². The van der Waals surface area contributed by atoms with Gasteiger partial charge in [-0.15, -0.1) is 11.3 Å². The van der Waals surface area contributed by atoms with Crippen LogP contribution in [0, 0.1) is 5.92 Å². The number of thiazole rings is 1. The molecule has 2 aromatic carbocycles. The van der Waals surface area contributed by atoms with Gasteiger partial charge in [-0.2, -0.15) is 0 Å². The van der Waals surface area contributed by atoms with Gasteiger partial charge in [0.1, 0.15) is 10.8 Å². The number of ether oxygens (including phenoxy) is 3. The zero-order chi connectivity index (χ0) is 27.2. The molecule has 3 aromatic rings. The van der Waals surface area contributed by atoms with Gasteiger partial charge >= 0.3 is 5.97 Å². The second-order valence-corrected chi connectivity index (χ2v) is 11.6. The van der Waals surface area contributed by atoms with Crippen LogP contribution in [0.25, 0.3) is 10.6 Å². The van der Waals surface area contributed by atoms with Crippen molar-refractivity contribution in [2.45, 2.75) is 77.6 Å². The number of aryl methyl sites for hydroxylation is 3. The molecule has 6 nitrogen and oxygen atoms in total. The number of fused-ring (bicyclic) bond motifs is 2. The van der Waals surface area contributed by atoms with E-state index in [1.165, 1.54) is 34.5 Å². The molecular formula is C32H39NO5S. The maximum Gasteiger partial charge on any atom is 0.307 e. The minimum absolute atomic E-state index is 0.0986. The van der Waals surface area contributed by atoms with Crippen molar-refractivity contribution in [3.05, 3.63) is 58.1 Å². The first-order valence-corrected chi connectivity index (χ1v) is 15.3. The normalized spacial score (nSPS) is 16.8. The Kier molecular flexibility index (Phi) is 9.07. The Morgan fingerprint density at radius 3 is 2.62 bits per heavy atom. The van der Waals surface area contributed by atoms with Gasteiger partial charge in [-0.3, -0.25) is 4.79 Å². The molecule has 1 N–H and O–H groups in total. The van der Waals surface area contributed by atoms with Crippen molar-refractivity contribution < 1.29 is 24.1 Å². The highest BCUT2D eigenvalue weighted by atomic mass is 32.1. The molecule has 0 saturated heterocycles. The van der Waals surface area contributed by atoms with E-state index in [0.29, 0.717) is 26.2 Å². The van der Waals surface area contributed by atoms with Crippen molar-refractivity contribution in [1.29, 1.82) is 0 Å². The summed E-state index contributed by atoms with van der Waals surface area (Å²) >= 11 is 1.81. The summed E-state index contributed by atoms with van der Waals surface area (Å²) in [7, 11) is 0. The van der Waals surface area contributed by atoms with Gasteiger partial charge in [0, 0.05) is 16.9 Å². The van der Waals surface area contributed by atoms with Gasteiger partial charge in [0.25, 0.3) is 0 Å². The first kappa shape index (κ1) is 27.5. The monoisotopic (exact) mass is 549 g/mol. The maximum atomic E-state index is 11.6. The number of hydrogen-bond donors (Lipinski definition) is 1. The van der Waals surface area contributed by atoms with Crippen LogP contribution in [0.2, 0.25) is 0 Å². The molecule has 0 bridgehead atoms. The molecule has 2 atom stereocenters. The van der Waals surface area contributed by atoms with Crippen LogP contribution in [0.5, 0.6) is 17.2 Å². The van der Waals surface area contributed by atoms with Gasteiger partial charge in [0.2, 0.25) is 0 Å². The number of nitrogens with zero attached hydrogens (tertiary/aromatic N) is 1. The fourth-order valence-corrected chi connectivity index (χ4v) is 6.90. The van der Waals surface area contributed by atoms with E-state index in [1.54, 1.807) is 0 Å². The van der Waals surface area contributed by atoms with E-state index in [9.17, 15) is 9.90 Å². The van der Waals surface area contributed by atoms with Crippen molar-refractivity contribution >= 4 is 17.3 Å². The van der Waals surface area contributed by atoms with Crippen LogP contribution in [0.3, 0.4) is 0 Å². The molecule has 5 rings (SSSR count). The average Bonchev–Trinajstić information content (AvgIpc) is 3.57. The van der Waals surface area contributed by atoms with E-state index < -0.39 is 5.97 Å². The third kappa shape index (κ3) is 6.40. The van der Waals surface area contributed by atoms with Gasteiger partial charge in [0.05, 0.1) is 31.4 Å². The molecule has 7 heteroatoms. The molecular weight excluding hydrogens is 510 g/mol. The van der Waals surface area contributed by atoms with Gasteiger partial charge in [-0.25, -0.2) is 4.98 Å².